The largest absolute Gasteiger partial charge is 0.335 e. The van der Waals surface area contributed by atoms with Crippen LogP contribution >= 0.6 is 0 Å². The van der Waals surface area contributed by atoms with Crippen LogP contribution in [-0.4, -0.2) is 18.0 Å². The molecule has 0 fully saturated rings. The highest BCUT2D eigenvalue weighted by Crippen LogP contribution is 1.88. The van der Waals surface area contributed by atoms with Crippen molar-refractivity contribution in [1.82, 2.24) is 5.32 Å². The third kappa shape index (κ3) is 0.900. The maximum Gasteiger partial charge on any atom is 0.129 e. The van der Waals surface area contributed by atoms with Crippen molar-refractivity contribution in [3.8, 4) is 0 Å². The zero-order chi connectivity index (χ0) is 5.98. The van der Waals surface area contributed by atoms with E-state index in [1.54, 1.807) is 0 Å². The van der Waals surface area contributed by atoms with Gasteiger partial charge in [-0.1, -0.05) is 0 Å². The van der Waals surface area contributed by atoms with E-state index in [-0.39, 0.29) is 5.84 Å². The quantitative estimate of drug-likeness (QED) is 0.402. The van der Waals surface area contributed by atoms with Crippen LogP contribution in [0.3, 0.4) is 0 Å². The van der Waals surface area contributed by atoms with Gasteiger partial charge in [0.2, 0.25) is 0 Å². The van der Waals surface area contributed by atoms with Crippen molar-refractivity contribution in [1.29, 1.82) is 10.8 Å². The average Bonchev–Trinajstić information content (AvgIpc) is 1.64. The fourth-order valence-corrected chi connectivity index (χ4v) is 0.452. The first-order valence-electron chi connectivity index (χ1n) is 2.23. The Bertz CT molecular complexity index is 157. The Labute approximate surface area is 46.6 Å². The lowest BCUT2D eigenvalue weighted by molar-refractivity contribution is 1.18. The van der Waals surface area contributed by atoms with Crippen LogP contribution in [-0.2, 0) is 0 Å². The van der Waals surface area contributed by atoms with E-state index in [9.17, 15) is 0 Å². The first kappa shape index (κ1) is 4.96. The normalized spacial score (nSPS) is 18.5. The van der Waals surface area contributed by atoms with Crippen LogP contribution in [0.25, 0.3) is 0 Å². The number of hydrogen-bond acceptors (Lipinski definition) is 2. The van der Waals surface area contributed by atoms with E-state index in [1.807, 2.05) is 0 Å². The zero-order valence-electron chi connectivity index (χ0n) is 4.23. The van der Waals surface area contributed by atoms with Crippen LogP contribution in [0.15, 0.2) is 4.99 Å². The summed E-state index contributed by atoms with van der Waals surface area (Å²) in [7, 11) is 0. The van der Waals surface area contributed by atoms with Crippen molar-refractivity contribution in [2.24, 2.45) is 4.99 Å². The molecule has 1 rings (SSSR count). The number of hydrogen-bond donors (Lipinski definition) is 3. The van der Waals surface area contributed by atoms with E-state index in [0.717, 1.165) is 0 Å². The Morgan fingerprint density at radius 3 is 2.75 bits per heavy atom. The summed E-state index contributed by atoms with van der Waals surface area (Å²) in [5.41, 5.74) is 0. The molecule has 0 aromatic heterocycles. The molecule has 1 aliphatic rings. The SMILES string of the molecule is N=C1CC(=N)NC=N1. The molecule has 0 saturated heterocycles. The molecule has 0 saturated carbocycles. The highest BCUT2D eigenvalue weighted by Gasteiger charge is 2.02. The van der Waals surface area contributed by atoms with Gasteiger partial charge in [-0.25, -0.2) is 4.99 Å². The molecule has 1 heterocycles. The van der Waals surface area contributed by atoms with Crippen LogP contribution in [0.1, 0.15) is 6.42 Å². The molecule has 1 aliphatic heterocycles. The Morgan fingerprint density at radius 2 is 2.38 bits per heavy atom. The van der Waals surface area contributed by atoms with Crippen molar-refractivity contribution in [2.45, 2.75) is 6.42 Å². The van der Waals surface area contributed by atoms with Gasteiger partial charge in [-0.2, -0.15) is 0 Å². The minimum Gasteiger partial charge on any atom is -0.335 e. The Kier molecular flexibility index (Phi) is 1.07. The molecule has 0 bridgehead atoms. The van der Waals surface area contributed by atoms with E-state index < -0.39 is 0 Å². The van der Waals surface area contributed by atoms with Gasteiger partial charge in [-0.05, 0) is 0 Å². The van der Waals surface area contributed by atoms with Crippen molar-refractivity contribution in [3.05, 3.63) is 0 Å². The minimum atomic E-state index is 0.244. The second-order valence-corrected chi connectivity index (χ2v) is 1.50. The summed E-state index contributed by atoms with van der Waals surface area (Å²) in [5.74, 6) is 0.582. The third-order valence-electron chi connectivity index (χ3n) is 0.803. The van der Waals surface area contributed by atoms with Crippen molar-refractivity contribution >= 4 is 18.0 Å². The van der Waals surface area contributed by atoms with Gasteiger partial charge >= 0.3 is 0 Å². The van der Waals surface area contributed by atoms with Crippen LogP contribution < -0.4 is 5.32 Å². The molecule has 4 heteroatoms. The fourth-order valence-electron chi connectivity index (χ4n) is 0.452. The molecule has 0 unspecified atom stereocenters. The average molecular weight is 110 g/mol. The molecular weight excluding hydrogens is 104 g/mol. The number of aliphatic imine (C=N–C) groups is 1. The number of nitrogens with one attached hydrogen (secondary N) is 3. The number of nitrogens with zero attached hydrogens (tertiary/aromatic N) is 1. The molecule has 3 N–H and O–H groups in total. The summed E-state index contributed by atoms with van der Waals surface area (Å²) in [5, 5.41) is 16.5. The molecule has 0 aliphatic carbocycles. The standard InChI is InChI=1S/C4H6N4/c5-3-1-4(6)8-2-7-3/h2H,1H2,(H3,5,6,7,8). The first-order chi connectivity index (χ1) is 3.79. The van der Waals surface area contributed by atoms with Crippen LogP contribution in [0.2, 0.25) is 0 Å². The molecule has 8 heavy (non-hydrogen) atoms. The van der Waals surface area contributed by atoms with Gasteiger partial charge in [0.25, 0.3) is 0 Å². The molecule has 0 spiro atoms. The van der Waals surface area contributed by atoms with Gasteiger partial charge < -0.3 is 5.32 Å². The summed E-state index contributed by atoms with van der Waals surface area (Å²) in [6, 6.07) is 0. The van der Waals surface area contributed by atoms with Crippen LogP contribution in [0.5, 0.6) is 0 Å². The predicted octanol–water partition coefficient (Wildman–Crippen LogP) is -0.0375. The molecule has 42 valence electrons. The van der Waals surface area contributed by atoms with Gasteiger partial charge in [0, 0.05) is 0 Å². The first-order valence-corrected chi connectivity index (χ1v) is 2.23. The second kappa shape index (κ2) is 1.73. The highest BCUT2D eigenvalue weighted by molar-refractivity contribution is 6.09. The molecular formula is C4H6N4. The summed E-state index contributed by atoms with van der Waals surface area (Å²) < 4.78 is 0. The zero-order valence-corrected chi connectivity index (χ0v) is 4.23. The summed E-state index contributed by atoms with van der Waals surface area (Å²) >= 11 is 0. The Hall–Kier alpha value is -1.19. The number of rotatable bonds is 0. The topological polar surface area (TPSA) is 72.1 Å². The lowest BCUT2D eigenvalue weighted by Gasteiger charge is -2.05. The lowest BCUT2D eigenvalue weighted by Crippen LogP contribution is -2.27. The van der Waals surface area contributed by atoms with Crippen LogP contribution in [0, 0.1) is 10.8 Å². The highest BCUT2D eigenvalue weighted by atomic mass is 15.0. The maximum atomic E-state index is 6.98. The van der Waals surface area contributed by atoms with E-state index in [1.165, 1.54) is 6.34 Å². The van der Waals surface area contributed by atoms with Gasteiger partial charge in [-0.3, -0.25) is 10.8 Å². The summed E-state index contributed by atoms with van der Waals surface area (Å²) in [4.78, 5) is 3.59. The molecule has 4 nitrogen and oxygen atoms in total. The fraction of sp³-hybridized carbons (Fsp3) is 0.250. The lowest BCUT2D eigenvalue weighted by atomic mass is 10.3. The van der Waals surface area contributed by atoms with Gasteiger partial charge in [-0.15, -0.1) is 0 Å². The number of amidine groups is 2. The van der Waals surface area contributed by atoms with Gasteiger partial charge in [0.1, 0.15) is 11.7 Å². The monoisotopic (exact) mass is 110 g/mol. The van der Waals surface area contributed by atoms with Gasteiger partial charge in [0.05, 0.1) is 12.8 Å². The van der Waals surface area contributed by atoms with E-state index in [2.05, 4.69) is 10.3 Å². The van der Waals surface area contributed by atoms with Crippen molar-refractivity contribution < 1.29 is 0 Å². The van der Waals surface area contributed by atoms with Crippen molar-refractivity contribution in [3.63, 3.8) is 0 Å². The van der Waals surface area contributed by atoms with Crippen LogP contribution in [0.4, 0.5) is 0 Å². The Balaban J connectivity index is 2.68. The summed E-state index contributed by atoms with van der Waals surface area (Å²) in [6.45, 7) is 0. The smallest absolute Gasteiger partial charge is 0.129 e. The van der Waals surface area contributed by atoms with E-state index in [0.29, 0.717) is 12.3 Å². The summed E-state index contributed by atoms with van der Waals surface area (Å²) in [6.07, 6.45) is 1.69. The van der Waals surface area contributed by atoms with E-state index >= 15 is 0 Å². The minimum absolute atomic E-state index is 0.244. The molecule has 0 atom stereocenters. The van der Waals surface area contributed by atoms with Gasteiger partial charge in [0.15, 0.2) is 0 Å². The third-order valence-corrected chi connectivity index (χ3v) is 0.803. The maximum absolute atomic E-state index is 6.98. The Morgan fingerprint density at radius 1 is 1.62 bits per heavy atom. The molecule has 0 amide bonds. The molecule has 0 radical (unpaired) electrons. The second-order valence-electron chi connectivity index (χ2n) is 1.50. The molecule has 0 aromatic carbocycles. The molecule has 0 aromatic rings. The van der Waals surface area contributed by atoms with E-state index in [4.69, 9.17) is 10.8 Å². The van der Waals surface area contributed by atoms with Crippen molar-refractivity contribution in [2.75, 3.05) is 0 Å². The predicted molar refractivity (Wildman–Crippen MR) is 31.7 cm³/mol.